The highest BCUT2D eigenvalue weighted by atomic mass is 32.1. The van der Waals surface area contributed by atoms with Gasteiger partial charge in [0.15, 0.2) is 0 Å². The molecule has 0 atom stereocenters. The van der Waals surface area contributed by atoms with Crippen molar-refractivity contribution in [2.24, 2.45) is 5.73 Å². The molecule has 6 heteroatoms. The van der Waals surface area contributed by atoms with Crippen LogP contribution in [0.2, 0.25) is 0 Å². The van der Waals surface area contributed by atoms with Crippen molar-refractivity contribution in [3.05, 3.63) is 59.2 Å². The SMILES string of the molecule is Cc1ccc(Oc2ccc(C(N)=S)c(C(F)(F)F)c2)cc1. The van der Waals surface area contributed by atoms with E-state index in [2.05, 4.69) is 12.2 Å². The third kappa shape index (κ3) is 3.72. The number of hydrogen-bond acceptors (Lipinski definition) is 2. The summed E-state index contributed by atoms with van der Waals surface area (Å²) < 4.78 is 44.4. The van der Waals surface area contributed by atoms with Crippen molar-refractivity contribution in [3.8, 4) is 11.5 Å². The van der Waals surface area contributed by atoms with Crippen LogP contribution in [-0.2, 0) is 6.18 Å². The minimum absolute atomic E-state index is 0.0752. The summed E-state index contributed by atoms with van der Waals surface area (Å²) in [7, 11) is 0. The Kier molecular flexibility index (Phi) is 4.18. The van der Waals surface area contributed by atoms with Gasteiger partial charge in [-0.25, -0.2) is 0 Å². The third-order valence-electron chi connectivity index (χ3n) is 2.82. The summed E-state index contributed by atoms with van der Waals surface area (Å²) in [5.74, 6) is 0.531. The Morgan fingerprint density at radius 3 is 2.14 bits per heavy atom. The second-order valence-corrected chi connectivity index (χ2v) is 4.92. The average molecular weight is 311 g/mol. The highest BCUT2D eigenvalue weighted by Gasteiger charge is 2.34. The number of alkyl halides is 3. The molecule has 0 aliphatic heterocycles. The van der Waals surface area contributed by atoms with Gasteiger partial charge in [0, 0.05) is 5.56 Å². The van der Waals surface area contributed by atoms with Crippen LogP contribution in [0.5, 0.6) is 11.5 Å². The first kappa shape index (κ1) is 15.3. The number of thiocarbonyl (C=S) groups is 1. The van der Waals surface area contributed by atoms with Crippen LogP contribution in [0.1, 0.15) is 16.7 Å². The van der Waals surface area contributed by atoms with Crippen molar-refractivity contribution < 1.29 is 17.9 Å². The maximum atomic E-state index is 13.0. The van der Waals surface area contributed by atoms with Crippen LogP contribution in [0.25, 0.3) is 0 Å². The average Bonchev–Trinajstić information content (AvgIpc) is 2.40. The molecular formula is C15H12F3NOS. The topological polar surface area (TPSA) is 35.2 Å². The van der Waals surface area contributed by atoms with Crippen molar-refractivity contribution in [1.82, 2.24) is 0 Å². The fourth-order valence-corrected chi connectivity index (χ4v) is 1.96. The lowest BCUT2D eigenvalue weighted by Gasteiger charge is -2.14. The molecule has 21 heavy (non-hydrogen) atoms. The molecule has 2 aromatic rings. The van der Waals surface area contributed by atoms with Crippen molar-refractivity contribution in [2.45, 2.75) is 13.1 Å². The first-order chi connectivity index (χ1) is 9.77. The Morgan fingerprint density at radius 2 is 1.62 bits per heavy atom. The fraction of sp³-hybridized carbons (Fsp3) is 0.133. The normalized spacial score (nSPS) is 11.2. The summed E-state index contributed by atoms with van der Waals surface area (Å²) in [5, 5.41) is 0. The molecule has 0 radical (unpaired) electrons. The predicted octanol–water partition coefficient (Wildman–Crippen LogP) is 4.44. The molecule has 0 heterocycles. The lowest BCUT2D eigenvalue weighted by Crippen LogP contribution is -2.17. The van der Waals surface area contributed by atoms with Gasteiger partial charge in [-0.05, 0) is 37.3 Å². The lowest BCUT2D eigenvalue weighted by molar-refractivity contribution is -0.137. The van der Waals surface area contributed by atoms with E-state index in [1.165, 1.54) is 12.1 Å². The molecule has 0 aliphatic rings. The maximum absolute atomic E-state index is 13.0. The van der Waals surface area contributed by atoms with Crippen LogP contribution in [0, 0.1) is 6.92 Å². The summed E-state index contributed by atoms with van der Waals surface area (Å²) in [6.07, 6.45) is -4.55. The highest BCUT2D eigenvalue weighted by Crippen LogP contribution is 2.35. The first-order valence-corrected chi connectivity index (χ1v) is 6.44. The van der Waals surface area contributed by atoms with Crippen LogP contribution in [-0.4, -0.2) is 4.99 Å². The molecule has 2 N–H and O–H groups in total. The summed E-state index contributed by atoms with van der Waals surface area (Å²) in [6.45, 7) is 1.91. The van der Waals surface area contributed by atoms with E-state index in [1.807, 2.05) is 19.1 Å². The van der Waals surface area contributed by atoms with Gasteiger partial charge in [-0.1, -0.05) is 29.9 Å². The van der Waals surface area contributed by atoms with E-state index in [9.17, 15) is 13.2 Å². The van der Waals surface area contributed by atoms with Gasteiger partial charge in [-0.2, -0.15) is 13.2 Å². The summed E-state index contributed by atoms with van der Waals surface area (Å²) in [5.41, 5.74) is 5.23. The van der Waals surface area contributed by atoms with E-state index in [1.54, 1.807) is 12.1 Å². The molecule has 0 fully saturated rings. The molecule has 0 unspecified atom stereocenters. The molecule has 110 valence electrons. The van der Waals surface area contributed by atoms with Crippen LogP contribution in [0.15, 0.2) is 42.5 Å². The molecule has 0 amide bonds. The Balaban J connectivity index is 2.38. The summed E-state index contributed by atoms with van der Waals surface area (Å²) >= 11 is 4.64. The largest absolute Gasteiger partial charge is 0.457 e. The minimum atomic E-state index is -4.55. The minimum Gasteiger partial charge on any atom is -0.457 e. The van der Waals surface area contributed by atoms with E-state index in [4.69, 9.17) is 10.5 Å². The molecule has 0 saturated carbocycles. The lowest BCUT2D eigenvalue weighted by atomic mass is 10.1. The van der Waals surface area contributed by atoms with Gasteiger partial charge in [0.2, 0.25) is 0 Å². The number of aryl methyl sites for hydroxylation is 1. The molecule has 0 bridgehead atoms. The Bertz CT molecular complexity index is 666. The van der Waals surface area contributed by atoms with E-state index in [0.717, 1.165) is 11.6 Å². The standard InChI is InChI=1S/C15H12F3NOS/c1-9-2-4-10(5-3-9)20-11-6-7-12(14(19)21)13(8-11)15(16,17)18/h2-8H,1H3,(H2,19,21). The number of hydrogen-bond donors (Lipinski definition) is 1. The van der Waals surface area contributed by atoms with Gasteiger partial charge < -0.3 is 10.5 Å². The summed E-state index contributed by atoms with van der Waals surface area (Å²) in [4.78, 5) is -0.302. The van der Waals surface area contributed by atoms with E-state index in [0.29, 0.717) is 5.75 Å². The zero-order valence-corrected chi connectivity index (χ0v) is 11.9. The second kappa shape index (κ2) is 5.73. The molecular weight excluding hydrogens is 299 g/mol. The Hall–Kier alpha value is -2.08. The predicted molar refractivity (Wildman–Crippen MR) is 78.6 cm³/mol. The molecule has 0 aromatic heterocycles. The zero-order valence-electron chi connectivity index (χ0n) is 11.1. The van der Waals surface area contributed by atoms with E-state index >= 15 is 0 Å². The molecule has 2 aromatic carbocycles. The van der Waals surface area contributed by atoms with Crippen molar-refractivity contribution in [1.29, 1.82) is 0 Å². The first-order valence-electron chi connectivity index (χ1n) is 6.03. The molecule has 0 saturated heterocycles. The number of rotatable bonds is 3. The second-order valence-electron chi connectivity index (χ2n) is 4.48. The van der Waals surface area contributed by atoms with Gasteiger partial charge in [0.05, 0.1) is 5.56 Å². The van der Waals surface area contributed by atoms with Gasteiger partial charge in [0.1, 0.15) is 16.5 Å². The Labute approximate surface area is 125 Å². The zero-order chi connectivity index (χ0) is 15.6. The molecule has 0 spiro atoms. The monoisotopic (exact) mass is 311 g/mol. The quantitative estimate of drug-likeness (QED) is 0.851. The third-order valence-corrected chi connectivity index (χ3v) is 3.04. The van der Waals surface area contributed by atoms with Gasteiger partial charge in [-0.15, -0.1) is 0 Å². The van der Waals surface area contributed by atoms with E-state index in [-0.39, 0.29) is 16.3 Å². The van der Waals surface area contributed by atoms with Crippen LogP contribution < -0.4 is 10.5 Å². The van der Waals surface area contributed by atoms with Crippen LogP contribution in [0.3, 0.4) is 0 Å². The number of ether oxygens (including phenoxy) is 1. The van der Waals surface area contributed by atoms with Crippen LogP contribution in [0.4, 0.5) is 13.2 Å². The summed E-state index contributed by atoms with van der Waals surface area (Å²) in [6, 6.07) is 10.5. The highest BCUT2D eigenvalue weighted by molar-refractivity contribution is 7.80. The molecule has 0 aliphatic carbocycles. The van der Waals surface area contributed by atoms with E-state index < -0.39 is 11.7 Å². The van der Waals surface area contributed by atoms with Gasteiger partial charge in [-0.3, -0.25) is 0 Å². The maximum Gasteiger partial charge on any atom is 0.417 e. The van der Waals surface area contributed by atoms with Gasteiger partial charge in [0.25, 0.3) is 0 Å². The van der Waals surface area contributed by atoms with Crippen molar-refractivity contribution >= 4 is 17.2 Å². The smallest absolute Gasteiger partial charge is 0.417 e. The molecule has 2 rings (SSSR count). The van der Waals surface area contributed by atoms with Crippen LogP contribution >= 0.6 is 12.2 Å². The molecule has 2 nitrogen and oxygen atoms in total. The number of benzene rings is 2. The number of nitrogens with two attached hydrogens (primary N) is 1. The van der Waals surface area contributed by atoms with Gasteiger partial charge >= 0.3 is 6.18 Å². The van der Waals surface area contributed by atoms with Crippen molar-refractivity contribution in [2.75, 3.05) is 0 Å². The van der Waals surface area contributed by atoms with Crippen molar-refractivity contribution in [3.63, 3.8) is 0 Å². The number of halogens is 3. The fourth-order valence-electron chi connectivity index (χ4n) is 1.78. The Morgan fingerprint density at radius 1 is 1.05 bits per heavy atom.